The molecule has 0 saturated carbocycles. The number of hydrogen-bond acceptors (Lipinski definition) is 3. The van der Waals surface area contributed by atoms with Gasteiger partial charge in [0.15, 0.2) is 0 Å². The highest BCUT2D eigenvalue weighted by Gasteiger charge is 2.17. The first-order valence-corrected chi connectivity index (χ1v) is 8.75. The maximum Gasteiger partial charge on any atom is 0.270 e. The van der Waals surface area contributed by atoms with Crippen molar-refractivity contribution in [3.63, 3.8) is 0 Å². The molecule has 0 atom stereocenters. The van der Waals surface area contributed by atoms with Crippen LogP contribution < -0.4 is 5.32 Å². The van der Waals surface area contributed by atoms with E-state index in [0.717, 1.165) is 23.4 Å². The van der Waals surface area contributed by atoms with Crippen LogP contribution in [0.5, 0.6) is 0 Å². The Morgan fingerprint density at radius 3 is 2.75 bits per heavy atom. The zero-order valence-electron chi connectivity index (χ0n) is 13.3. The highest BCUT2D eigenvalue weighted by molar-refractivity contribution is 7.13. The number of hydrogen-bond donors (Lipinski definition) is 1. The third-order valence-electron chi connectivity index (χ3n) is 3.60. The van der Waals surface area contributed by atoms with E-state index in [2.05, 4.69) is 17.3 Å². The van der Waals surface area contributed by atoms with Crippen LogP contribution in [0, 0.1) is 5.82 Å². The number of rotatable bonds is 6. The van der Waals surface area contributed by atoms with Crippen LogP contribution >= 0.6 is 11.3 Å². The average Bonchev–Trinajstić information content (AvgIpc) is 3.25. The molecule has 3 aromatic rings. The van der Waals surface area contributed by atoms with Crippen molar-refractivity contribution in [2.75, 3.05) is 6.54 Å². The first-order chi connectivity index (χ1) is 11.7. The summed E-state index contributed by atoms with van der Waals surface area (Å²) in [5, 5.41) is 9.42. The molecular weight excluding hydrogens is 325 g/mol. The van der Waals surface area contributed by atoms with Crippen LogP contribution in [0.15, 0.2) is 47.8 Å². The van der Waals surface area contributed by atoms with Crippen LogP contribution in [-0.2, 0) is 0 Å². The van der Waals surface area contributed by atoms with Gasteiger partial charge in [-0.1, -0.05) is 19.4 Å². The van der Waals surface area contributed by atoms with Crippen LogP contribution in [0.4, 0.5) is 4.39 Å². The molecule has 0 bridgehead atoms. The minimum absolute atomic E-state index is 0.178. The Kier molecular flexibility index (Phi) is 5.05. The van der Waals surface area contributed by atoms with Gasteiger partial charge < -0.3 is 5.32 Å². The lowest BCUT2D eigenvalue weighted by atomic mass is 10.2. The van der Waals surface area contributed by atoms with Gasteiger partial charge in [-0.05, 0) is 48.2 Å². The van der Waals surface area contributed by atoms with Crippen molar-refractivity contribution in [1.82, 2.24) is 15.1 Å². The number of unbranched alkanes of at least 4 members (excludes halogenated alkanes) is 1. The van der Waals surface area contributed by atoms with Gasteiger partial charge in [0.1, 0.15) is 17.2 Å². The van der Waals surface area contributed by atoms with Crippen molar-refractivity contribution in [3.05, 3.63) is 59.4 Å². The van der Waals surface area contributed by atoms with Crippen LogP contribution in [0.1, 0.15) is 30.3 Å². The van der Waals surface area contributed by atoms with Crippen LogP contribution in [0.3, 0.4) is 0 Å². The zero-order valence-corrected chi connectivity index (χ0v) is 14.1. The monoisotopic (exact) mass is 343 g/mol. The summed E-state index contributed by atoms with van der Waals surface area (Å²) in [6.45, 7) is 2.70. The molecular formula is C18H18FN3OS. The van der Waals surface area contributed by atoms with Crippen molar-refractivity contribution >= 4 is 17.2 Å². The molecule has 3 rings (SSSR count). The van der Waals surface area contributed by atoms with E-state index >= 15 is 0 Å². The number of carbonyl (C=O) groups is 1. The van der Waals surface area contributed by atoms with Gasteiger partial charge in [0, 0.05) is 6.54 Å². The SMILES string of the molecule is CCCCNC(=O)c1cc(-c2cccs2)nn1-c1ccc(F)cc1. The summed E-state index contributed by atoms with van der Waals surface area (Å²) < 4.78 is 14.8. The predicted molar refractivity (Wildman–Crippen MR) is 94.1 cm³/mol. The number of amides is 1. The van der Waals surface area contributed by atoms with E-state index in [1.807, 2.05) is 17.5 Å². The molecule has 2 heterocycles. The van der Waals surface area contributed by atoms with Crippen molar-refractivity contribution < 1.29 is 9.18 Å². The van der Waals surface area contributed by atoms with Gasteiger partial charge in [-0.15, -0.1) is 11.3 Å². The molecule has 2 aromatic heterocycles. The molecule has 4 nitrogen and oxygen atoms in total. The van der Waals surface area contributed by atoms with Crippen LogP contribution in [0.2, 0.25) is 0 Å². The van der Waals surface area contributed by atoms with Crippen LogP contribution in [-0.4, -0.2) is 22.2 Å². The number of nitrogens with one attached hydrogen (secondary N) is 1. The lowest BCUT2D eigenvalue weighted by Crippen LogP contribution is -2.26. The lowest BCUT2D eigenvalue weighted by Gasteiger charge is -2.08. The van der Waals surface area contributed by atoms with Crippen molar-refractivity contribution in [3.8, 4) is 16.3 Å². The first-order valence-electron chi connectivity index (χ1n) is 7.87. The van der Waals surface area contributed by atoms with E-state index in [4.69, 9.17) is 0 Å². The molecule has 0 unspecified atom stereocenters. The Bertz CT molecular complexity index is 809. The highest BCUT2D eigenvalue weighted by Crippen LogP contribution is 2.25. The number of halogens is 1. The molecule has 0 aliphatic heterocycles. The fraction of sp³-hybridized carbons (Fsp3) is 0.222. The van der Waals surface area contributed by atoms with Crippen molar-refractivity contribution in [1.29, 1.82) is 0 Å². The summed E-state index contributed by atoms with van der Waals surface area (Å²) in [6.07, 6.45) is 1.94. The Morgan fingerprint density at radius 1 is 1.29 bits per heavy atom. The third kappa shape index (κ3) is 3.54. The van der Waals surface area contributed by atoms with E-state index in [1.54, 1.807) is 34.2 Å². The van der Waals surface area contributed by atoms with E-state index in [1.165, 1.54) is 12.1 Å². The Morgan fingerprint density at radius 2 is 2.08 bits per heavy atom. The smallest absolute Gasteiger partial charge is 0.270 e. The van der Waals surface area contributed by atoms with E-state index in [9.17, 15) is 9.18 Å². The number of aromatic nitrogens is 2. The topological polar surface area (TPSA) is 46.9 Å². The van der Waals surface area contributed by atoms with Crippen molar-refractivity contribution in [2.24, 2.45) is 0 Å². The normalized spacial score (nSPS) is 10.8. The summed E-state index contributed by atoms with van der Waals surface area (Å²) >= 11 is 1.56. The molecule has 0 aliphatic rings. The first kappa shape index (κ1) is 16.4. The molecule has 0 spiro atoms. The minimum Gasteiger partial charge on any atom is -0.351 e. The second kappa shape index (κ2) is 7.40. The molecule has 0 radical (unpaired) electrons. The molecule has 6 heteroatoms. The quantitative estimate of drug-likeness (QED) is 0.680. The number of benzene rings is 1. The maximum atomic E-state index is 13.2. The van der Waals surface area contributed by atoms with Gasteiger partial charge in [-0.25, -0.2) is 9.07 Å². The molecule has 24 heavy (non-hydrogen) atoms. The van der Waals surface area contributed by atoms with E-state index in [0.29, 0.717) is 17.9 Å². The molecule has 124 valence electrons. The van der Waals surface area contributed by atoms with Gasteiger partial charge in [-0.3, -0.25) is 4.79 Å². The standard InChI is InChI=1S/C18H18FN3OS/c1-2-3-10-20-18(23)16-12-15(17-5-4-11-24-17)21-22(16)14-8-6-13(19)7-9-14/h4-9,11-12H,2-3,10H2,1H3,(H,20,23). The molecule has 1 aromatic carbocycles. The summed E-state index contributed by atoms with van der Waals surface area (Å²) in [5.41, 5.74) is 1.83. The van der Waals surface area contributed by atoms with E-state index in [-0.39, 0.29) is 11.7 Å². The highest BCUT2D eigenvalue weighted by atomic mass is 32.1. The summed E-state index contributed by atoms with van der Waals surface area (Å²) in [4.78, 5) is 13.5. The van der Waals surface area contributed by atoms with Gasteiger partial charge in [0.2, 0.25) is 0 Å². The molecule has 0 fully saturated rings. The maximum absolute atomic E-state index is 13.2. The van der Waals surface area contributed by atoms with Gasteiger partial charge in [0.05, 0.1) is 10.6 Å². The molecule has 1 amide bonds. The molecule has 1 N–H and O–H groups in total. The predicted octanol–water partition coefficient (Wildman–Crippen LogP) is 4.27. The van der Waals surface area contributed by atoms with Gasteiger partial charge in [0.25, 0.3) is 5.91 Å². The largest absolute Gasteiger partial charge is 0.351 e. The van der Waals surface area contributed by atoms with Gasteiger partial charge >= 0.3 is 0 Å². The number of nitrogens with zero attached hydrogens (tertiary/aromatic N) is 2. The summed E-state index contributed by atoms with van der Waals surface area (Å²) in [6, 6.07) is 11.6. The van der Waals surface area contributed by atoms with Crippen LogP contribution in [0.25, 0.3) is 16.3 Å². The summed E-state index contributed by atoms with van der Waals surface area (Å²) in [5.74, 6) is -0.499. The average molecular weight is 343 g/mol. The zero-order chi connectivity index (χ0) is 16.9. The summed E-state index contributed by atoms with van der Waals surface area (Å²) in [7, 11) is 0. The second-order valence-electron chi connectivity index (χ2n) is 5.39. The third-order valence-corrected chi connectivity index (χ3v) is 4.50. The Labute approximate surface area is 143 Å². The Hall–Kier alpha value is -2.47. The molecule has 0 aliphatic carbocycles. The lowest BCUT2D eigenvalue weighted by molar-refractivity contribution is 0.0945. The fourth-order valence-electron chi connectivity index (χ4n) is 2.34. The number of carbonyl (C=O) groups excluding carboxylic acids is 1. The number of thiophene rings is 1. The van der Waals surface area contributed by atoms with Crippen molar-refractivity contribution in [2.45, 2.75) is 19.8 Å². The second-order valence-corrected chi connectivity index (χ2v) is 6.34. The fourth-order valence-corrected chi connectivity index (χ4v) is 3.02. The Balaban J connectivity index is 1.98. The minimum atomic E-state index is -0.321. The van der Waals surface area contributed by atoms with Gasteiger partial charge in [-0.2, -0.15) is 5.10 Å². The molecule has 0 saturated heterocycles. The van der Waals surface area contributed by atoms with E-state index < -0.39 is 0 Å².